The summed E-state index contributed by atoms with van der Waals surface area (Å²) >= 11 is 1.53. The van der Waals surface area contributed by atoms with Crippen LogP contribution in [0.3, 0.4) is 0 Å². The van der Waals surface area contributed by atoms with Crippen molar-refractivity contribution in [3.05, 3.63) is 36.2 Å². The molecule has 106 valence electrons. The van der Waals surface area contributed by atoms with Crippen LogP contribution in [0.2, 0.25) is 0 Å². The number of nitrogen functional groups attached to an aromatic ring is 1. The molecule has 8 heteroatoms. The third-order valence-corrected chi connectivity index (χ3v) is 3.07. The molecule has 20 heavy (non-hydrogen) atoms. The number of nitrogens with one attached hydrogen (secondary N) is 1. The first-order valence-corrected chi connectivity index (χ1v) is 6.74. The van der Waals surface area contributed by atoms with Crippen molar-refractivity contribution >= 4 is 29.1 Å². The van der Waals surface area contributed by atoms with Crippen molar-refractivity contribution in [3.63, 3.8) is 0 Å². The van der Waals surface area contributed by atoms with E-state index in [1.165, 1.54) is 17.8 Å². The number of benzene rings is 1. The van der Waals surface area contributed by atoms with Gasteiger partial charge in [-0.2, -0.15) is 13.2 Å². The standard InChI is InChI=1S/C12H11F3N4S/c1-20-8-4-2-3-7(5-8)17-10-6-9(16)18-11(19-10)12(13,14)15/h2-6H,1H3,(H3,16,17,18,19). The molecule has 2 rings (SSSR count). The Balaban J connectivity index is 2.31. The van der Waals surface area contributed by atoms with Crippen molar-refractivity contribution < 1.29 is 13.2 Å². The van der Waals surface area contributed by atoms with Gasteiger partial charge in [0.05, 0.1) is 0 Å². The molecule has 0 aliphatic carbocycles. The van der Waals surface area contributed by atoms with Crippen LogP contribution in [0.4, 0.5) is 30.5 Å². The summed E-state index contributed by atoms with van der Waals surface area (Å²) < 4.78 is 37.8. The Morgan fingerprint density at radius 1 is 1.20 bits per heavy atom. The number of halogens is 3. The number of aromatic nitrogens is 2. The summed E-state index contributed by atoms with van der Waals surface area (Å²) in [6.07, 6.45) is -2.73. The van der Waals surface area contributed by atoms with Crippen LogP contribution in [0.15, 0.2) is 35.2 Å². The van der Waals surface area contributed by atoms with Crippen LogP contribution in [-0.2, 0) is 6.18 Å². The maximum atomic E-state index is 12.6. The van der Waals surface area contributed by atoms with Crippen molar-refractivity contribution in [1.29, 1.82) is 0 Å². The zero-order valence-electron chi connectivity index (χ0n) is 10.4. The Labute approximate surface area is 117 Å². The van der Waals surface area contributed by atoms with Gasteiger partial charge < -0.3 is 11.1 Å². The number of nitrogens with two attached hydrogens (primary N) is 1. The zero-order chi connectivity index (χ0) is 14.8. The Hall–Kier alpha value is -1.96. The maximum Gasteiger partial charge on any atom is 0.451 e. The zero-order valence-corrected chi connectivity index (χ0v) is 11.2. The third-order valence-electron chi connectivity index (χ3n) is 2.34. The highest BCUT2D eigenvalue weighted by molar-refractivity contribution is 7.98. The van der Waals surface area contributed by atoms with Gasteiger partial charge in [0.1, 0.15) is 11.6 Å². The summed E-state index contributed by atoms with van der Waals surface area (Å²) in [7, 11) is 0. The van der Waals surface area contributed by atoms with Crippen LogP contribution in [-0.4, -0.2) is 16.2 Å². The van der Waals surface area contributed by atoms with Crippen molar-refractivity contribution in [2.24, 2.45) is 0 Å². The van der Waals surface area contributed by atoms with Gasteiger partial charge in [0.2, 0.25) is 5.82 Å². The summed E-state index contributed by atoms with van der Waals surface area (Å²) in [4.78, 5) is 7.58. The van der Waals surface area contributed by atoms with Gasteiger partial charge in [-0.05, 0) is 24.5 Å². The van der Waals surface area contributed by atoms with Gasteiger partial charge in [0, 0.05) is 16.6 Å². The molecule has 0 unspecified atom stereocenters. The molecule has 0 fully saturated rings. The second-order valence-electron chi connectivity index (χ2n) is 3.86. The molecule has 1 aromatic heterocycles. The summed E-state index contributed by atoms with van der Waals surface area (Å²) in [6, 6.07) is 8.47. The molecule has 0 radical (unpaired) electrons. The Kier molecular flexibility index (Phi) is 4.03. The molecular weight excluding hydrogens is 289 g/mol. The predicted molar refractivity (Wildman–Crippen MR) is 73.0 cm³/mol. The van der Waals surface area contributed by atoms with Gasteiger partial charge in [-0.1, -0.05) is 6.07 Å². The van der Waals surface area contributed by atoms with Crippen LogP contribution < -0.4 is 11.1 Å². The number of anilines is 3. The molecule has 3 N–H and O–H groups in total. The first-order valence-electron chi connectivity index (χ1n) is 5.51. The Morgan fingerprint density at radius 2 is 1.95 bits per heavy atom. The predicted octanol–water partition coefficient (Wildman–Crippen LogP) is 3.54. The average molecular weight is 300 g/mol. The molecule has 0 bridgehead atoms. The minimum Gasteiger partial charge on any atom is -0.384 e. The topological polar surface area (TPSA) is 63.8 Å². The number of thioether (sulfide) groups is 1. The Bertz CT molecular complexity index is 616. The quantitative estimate of drug-likeness (QED) is 0.849. The molecule has 2 aromatic rings. The van der Waals surface area contributed by atoms with Gasteiger partial charge in [0.25, 0.3) is 0 Å². The van der Waals surface area contributed by atoms with Crippen LogP contribution in [0.1, 0.15) is 5.82 Å². The van der Waals surface area contributed by atoms with Crippen molar-refractivity contribution in [2.75, 3.05) is 17.3 Å². The van der Waals surface area contributed by atoms with Crippen molar-refractivity contribution in [3.8, 4) is 0 Å². The second-order valence-corrected chi connectivity index (χ2v) is 4.74. The number of hydrogen-bond acceptors (Lipinski definition) is 5. The van der Waals surface area contributed by atoms with E-state index >= 15 is 0 Å². The highest BCUT2D eigenvalue weighted by Gasteiger charge is 2.35. The monoisotopic (exact) mass is 300 g/mol. The number of rotatable bonds is 3. The van der Waals surface area contributed by atoms with Crippen molar-refractivity contribution in [1.82, 2.24) is 9.97 Å². The van der Waals surface area contributed by atoms with Gasteiger partial charge in [-0.15, -0.1) is 11.8 Å². The SMILES string of the molecule is CSc1cccc(Nc2cc(N)nc(C(F)(F)F)n2)c1. The first-order chi connectivity index (χ1) is 9.38. The minimum absolute atomic E-state index is 0.00285. The molecule has 0 aliphatic heterocycles. The molecule has 0 saturated heterocycles. The van der Waals surface area contributed by atoms with Crippen LogP contribution in [0.5, 0.6) is 0 Å². The van der Waals surface area contributed by atoms with Gasteiger partial charge in [-0.25, -0.2) is 9.97 Å². The van der Waals surface area contributed by atoms with E-state index in [1.807, 2.05) is 12.3 Å². The number of hydrogen-bond donors (Lipinski definition) is 2. The smallest absolute Gasteiger partial charge is 0.384 e. The maximum absolute atomic E-state index is 12.6. The molecule has 0 saturated carbocycles. The lowest BCUT2D eigenvalue weighted by molar-refractivity contribution is -0.144. The summed E-state index contributed by atoms with van der Waals surface area (Å²) in [6.45, 7) is 0. The summed E-state index contributed by atoms with van der Waals surface area (Å²) in [5.74, 6) is -1.50. The molecule has 0 amide bonds. The molecule has 1 heterocycles. The van der Waals surface area contributed by atoms with Gasteiger partial charge in [-0.3, -0.25) is 0 Å². The minimum atomic E-state index is -4.63. The normalized spacial score (nSPS) is 11.4. The van der Waals surface area contributed by atoms with Gasteiger partial charge in [0.15, 0.2) is 0 Å². The van der Waals surface area contributed by atoms with Crippen LogP contribution in [0, 0.1) is 0 Å². The third kappa shape index (κ3) is 3.53. The van der Waals surface area contributed by atoms with Crippen LogP contribution in [0.25, 0.3) is 0 Å². The number of nitrogens with zero attached hydrogens (tertiary/aromatic N) is 2. The number of alkyl halides is 3. The van der Waals surface area contributed by atoms with Gasteiger partial charge >= 0.3 is 6.18 Å². The van der Waals surface area contributed by atoms with Crippen molar-refractivity contribution in [2.45, 2.75) is 11.1 Å². The van der Waals surface area contributed by atoms with E-state index in [9.17, 15) is 13.2 Å². The van der Waals surface area contributed by atoms with E-state index in [1.54, 1.807) is 18.2 Å². The van der Waals surface area contributed by atoms with E-state index in [4.69, 9.17) is 5.73 Å². The molecule has 1 aromatic carbocycles. The van der Waals surface area contributed by atoms with E-state index in [0.29, 0.717) is 5.69 Å². The Morgan fingerprint density at radius 3 is 2.60 bits per heavy atom. The fourth-order valence-electron chi connectivity index (χ4n) is 1.51. The summed E-state index contributed by atoms with van der Waals surface area (Å²) in [5.41, 5.74) is 6.00. The summed E-state index contributed by atoms with van der Waals surface area (Å²) in [5, 5.41) is 2.79. The molecule has 0 atom stereocenters. The lowest BCUT2D eigenvalue weighted by Gasteiger charge is -2.10. The molecule has 4 nitrogen and oxygen atoms in total. The van der Waals surface area contributed by atoms with E-state index in [-0.39, 0.29) is 11.6 Å². The lowest BCUT2D eigenvalue weighted by atomic mass is 10.3. The van der Waals surface area contributed by atoms with E-state index < -0.39 is 12.0 Å². The molecule has 0 spiro atoms. The van der Waals surface area contributed by atoms with Crippen LogP contribution >= 0.6 is 11.8 Å². The molecular formula is C12H11F3N4S. The largest absolute Gasteiger partial charge is 0.451 e. The fraction of sp³-hybridized carbons (Fsp3) is 0.167. The highest BCUT2D eigenvalue weighted by Crippen LogP contribution is 2.29. The lowest BCUT2D eigenvalue weighted by Crippen LogP contribution is -2.13. The first kappa shape index (κ1) is 14.4. The van der Waals surface area contributed by atoms with E-state index in [2.05, 4.69) is 15.3 Å². The highest BCUT2D eigenvalue weighted by atomic mass is 32.2. The second kappa shape index (κ2) is 5.58. The van der Waals surface area contributed by atoms with E-state index in [0.717, 1.165) is 4.90 Å². The fourth-order valence-corrected chi connectivity index (χ4v) is 1.96. The average Bonchev–Trinajstić information content (AvgIpc) is 2.37. The molecule has 0 aliphatic rings.